The van der Waals surface area contributed by atoms with Crippen molar-refractivity contribution in [3.8, 4) is 0 Å². The molecule has 0 saturated carbocycles. The highest BCUT2D eigenvalue weighted by molar-refractivity contribution is 7.91. The molecule has 0 saturated heterocycles. The third kappa shape index (κ3) is 3.53. The van der Waals surface area contributed by atoms with E-state index in [4.69, 9.17) is 0 Å². The lowest BCUT2D eigenvalue weighted by Crippen LogP contribution is -2.28. The molecule has 0 fully saturated rings. The second kappa shape index (κ2) is 6.80. The number of aromatic nitrogens is 1. The lowest BCUT2D eigenvalue weighted by molar-refractivity contribution is 0.585. The highest BCUT2D eigenvalue weighted by Crippen LogP contribution is 2.24. The van der Waals surface area contributed by atoms with Crippen LogP contribution in [0.1, 0.15) is 0 Å². The maximum absolute atomic E-state index is 13.7. The summed E-state index contributed by atoms with van der Waals surface area (Å²) in [6.45, 7) is 0.379. The third-order valence-electron chi connectivity index (χ3n) is 3.26. The van der Waals surface area contributed by atoms with Gasteiger partial charge < -0.3 is 5.32 Å². The lowest BCUT2D eigenvalue weighted by Gasteiger charge is -2.10. The second-order valence-corrected chi connectivity index (χ2v) is 7.84. The summed E-state index contributed by atoms with van der Waals surface area (Å²) in [5, 5.41) is 4.94. The van der Waals surface area contributed by atoms with E-state index >= 15 is 0 Å². The van der Waals surface area contributed by atoms with Crippen LogP contribution < -0.4 is 10.0 Å². The molecule has 0 atom stereocenters. The standard InChI is InChI=1S/C15H13F2N3O2S2/c16-10-8-11-13(3-4-19-15(11)12(17)9-10)18-5-6-20-24(21,22)14-2-1-7-23-14/h1-4,7-9,20H,5-6H2,(H,18,19). The summed E-state index contributed by atoms with van der Waals surface area (Å²) in [5.41, 5.74) is 0.536. The van der Waals surface area contributed by atoms with Gasteiger partial charge in [-0.1, -0.05) is 6.07 Å². The van der Waals surface area contributed by atoms with Gasteiger partial charge in [0.25, 0.3) is 0 Å². The van der Waals surface area contributed by atoms with Crippen molar-refractivity contribution < 1.29 is 17.2 Å². The van der Waals surface area contributed by atoms with Gasteiger partial charge in [0.2, 0.25) is 10.0 Å². The van der Waals surface area contributed by atoms with Crippen LogP contribution in [0.4, 0.5) is 14.5 Å². The minimum absolute atomic E-state index is 0.0561. The Kier molecular flexibility index (Phi) is 4.74. The monoisotopic (exact) mass is 369 g/mol. The number of benzene rings is 1. The Hall–Kier alpha value is -2.10. The molecule has 5 nitrogen and oxygen atoms in total. The van der Waals surface area contributed by atoms with E-state index in [1.54, 1.807) is 17.5 Å². The van der Waals surface area contributed by atoms with Crippen molar-refractivity contribution in [1.29, 1.82) is 0 Å². The van der Waals surface area contributed by atoms with E-state index in [0.717, 1.165) is 17.4 Å². The van der Waals surface area contributed by atoms with Crippen LogP contribution in [-0.4, -0.2) is 26.5 Å². The first-order valence-electron chi connectivity index (χ1n) is 6.98. The summed E-state index contributed by atoms with van der Waals surface area (Å²) in [6, 6.07) is 6.71. The van der Waals surface area contributed by atoms with Crippen molar-refractivity contribution in [3.63, 3.8) is 0 Å². The number of sulfonamides is 1. The van der Waals surface area contributed by atoms with Crippen molar-refractivity contribution >= 4 is 38.0 Å². The van der Waals surface area contributed by atoms with E-state index in [2.05, 4.69) is 15.0 Å². The molecule has 0 spiro atoms. The molecule has 0 amide bonds. The van der Waals surface area contributed by atoms with E-state index in [9.17, 15) is 17.2 Å². The molecular weight excluding hydrogens is 356 g/mol. The molecule has 0 radical (unpaired) electrons. The SMILES string of the molecule is O=S(=O)(NCCNc1ccnc2c(F)cc(F)cc12)c1cccs1. The molecule has 2 heterocycles. The Morgan fingerprint density at radius 2 is 2.00 bits per heavy atom. The van der Waals surface area contributed by atoms with Crippen LogP contribution in [0.15, 0.2) is 46.1 Å². The number of nitrogens with one attached hydrogen (secondary N) is 2. The molecule has 126 valence electrons. The quantitative estimate of drug-likeness (QED) is 0.656. The summed E-state index contributed by atoms with van der Waals surface area (Å²) in [5.74, 6) is -1.44. The summed E-state index contributed by atoms with van der Waals surface area (Å²) in [6.07, 6.45) is 1.40. The molecule has 9 heteroatoms. The van der Waals surface area contributed by atoms with Gasteiger partial charge in [-0.25, -0.2) is 21.9 Å². The molecule has 3 aromatic rings. The minimum Gasteiger partial charge on any atom is -0.383 e. The average molecular weight is 369 g/mol. The molecule has 1 aromatic carbocycles. The predicted octanol–water partition coefficient (Wildman–Crippen LogP) is 2.96. The van der Waals surface area contributed by atoms with Crippen LogP contribution in [0.25, 0.3) is 10.9 Å². The Morgan fingerprint density at radius 1 is 1.17 bits per heavy atom. The third-order valence-corrected chi connectivity index (χ3v) is 6.11. The zero-order chi connectivity index (χ0) is 17.2. The zero-order valence-corrected chi connectivity index (χ0v) is 13.9. The molecule has 0 aliphatic heterocycles. The molecular formula is C15H13F2N3O2S2. The van der Waals surface area contributed by atoms with E-state index in [0.29, 0.717) is 11.1 Å². The molecule has 0 unspecified atom stereocenters. The molecule has 2 N–H and O–H groups in total. The van der Waals surface area contributed by atoms with Crippen molar-refractivity contribution in [2.45, 2.75) is 4.21 Å². The Bertz CT molecular complexity index is 960. The highest BCUT2D eigenvalue weighted by Gasteiger charge is 2.14. The number of halogens is 2. The van der Waals surface area contributed by atoms with Crippen molar-refractivity contribution in [3.05, 3.63) is 53.5 Å². The van der Waals surface area contributed by atoms with Crippen LogP contribution in [0.5, 0.6) is 0 Å². The first-order chi connectivity index (χ1) is 11.5. The van der Waals surface area contributed by atoms with Crippen molar-refractivity contribution in [1.82, 2.24) is 9.71 Å². The van der Waals surface area contributed by atoms with Crippen molar-refractivity contribution in [2.24, 2.45) is 0 Å². The largest absolute Gasteiger partial charge is 0.383 e. The highest BCUT2D eigenvalue weighted by atomic mass is 32.2. The van der Waals surface area contributed by atoms with Crippen LogP contribution in [0.3, 0.4) is 0 Å². The van der Waals surface area contributed by atoms with Crippen LogP contribution in [0.2, 0.25) is 0 Å². The number of nitrogens with zero attached hydrogens (tertiary/aromatic N) is 1. The maximum Gasteiger partial charge on any atom is 0.250 e. The van der Waals surface area contributed by atoms with Gasteiger partial charge in [0.05, 0.1) is 0 Å². The van der Waals surface area contributed by atoms with E-state index in [1.807, 2.05) is 0 Å². The molecule has 0 aliphatic carbocycles. The predicted molar refractivity (Wildman–Crippen MR) is 89.7 cm³/mol. The van der Waals surface area contributed by atoms with Gasteiger partial charge in [-0.2, -0.15) is 0 Å². The lowest BCUT2D eigenvalue weighted by atomic mass is 10.1. The average Bonchev–Trinajstić information content (AvgIpc) is 3.07. The number of pyridine rings is 1. The van der Waals surface area contributed by atoms with Gasteiger partial charge in [0.1, 0.15) is 15.5 Å². The first-order valence-corrected chi connectivity index (χ1v) is 9.34. The van der Waals surface area contributed by atoms with Gasteiger partial charge in [0, 0.05) is 36.4 Å². The fraction of sp³-hybridized carbons (Fsp3) is 0.133. The topological polar surface area (TPSA) is 71.1 Å². The van der Waals surface area contributed by atoms with Gasteiger partial charge in [-0.3, -0.25) is 4.98 Å². The zero-order valence-electron chi connectivity index (χ0n) is 12.3. The number of thiophene rings is 1. The van der Waals surface area contributed by atoms with Gasteiger partial charge in [-0.15, -0.1) is 11.3 Å². The van der Waals surface area contributed by atoms with Gasteiger partial charge in [0.15, 0.2) is 5.82 Å². The number of fused-ring (bicyclic) bond motifs is 1. The Morgan fingerprint density at radius 3 is 2.75 bits per heavy atom. The smallest absolute Gasteiger partial charge is 0.250 e. The summed E-state index contributed by atoms with van der Waals surface area (Å²) < 4.78 is 53.7. The fourth-order valence-electron chi connectivity index (χ4n) is 2.20. The Balaban J connectivity index is 1.69. The maximum atomic E-state index is 13.7. The second-order valence-electron chi connectivity index (χ2n) is 4.90. The van der Waals surface area contributed by atoms with E-state index < -0.39 is 21.7 Å². The summed E-state index contributed by atoms with van der Waals surface area (Å²) in [4.78, 5) is 3.89. The van der Waals surface area contributed by atoms with Crippen molar-refractivity contribution in [2.75, 3.05) is 18.4 Å². The van der Waals surface area contributed by atoms with Gasteiger partial charge in [-0.05, 0) is 23.6 Å². The van der Waals surface area contributed by atoms with Crippen LogP contribution >= 0.6 is 11.3 Å². The molecule has 0 bridgehead atoms. The molecule has 0 aliphatic rings. The summed E-state index contributed by atoms with van der Waals surface area (Å²) >= 11 is 1.13. The summed E-state index contributed by atoms with van der Waals surface area (Å²) in [7, 11) is -3.53. The number of hydrogen-bond acceptors (Lipinski definition) is 5. The first kappa shape index (κ1) is 16.7. The fourth-order valence-corrected chi connectivity index (χ4v) is 4.27. The molecule has 3 rings (SSSR count). The number of anilines is 1. The van der Waals surface area contributed by atoms with E-state index in [1.165, 1.54) is 18.3 Å². The molecule has 24 heavy (non-hydrogen) atoms. The van der Waals surface area contributed by atoms with Gasteiger partial charge >= 0.3 is 0 Å². The molecule has 2 aromatic heterocycles. The Labute approximate surface area is 141 Å². The van der Waals surface area contributed by atoms with Crippen LogP contribution in [0, 0.1) is 11.6 Å². The number of hydrogen-bond donors (Lipinski definition) is 2. The van der Waals surface area contributed by atoms with Crippen LogP contribution in [-0.2, 0) is 10.0 Å². The normalized spacial score (nSPS) is 11.8. The van der Waals surface area contributed by atoms with E-state index in [-0.39, 0.29) is 22.8 Å². The minimum atomic E-state index is -3.53. The number of rotatable bonds is 6.